The zero-order valence-corrected chi connectivity index (χ0v) is 49.8. The van der Waals surface area contributed by atoms with Crippen LogP contribution in [0, 0.1) is 35.4 Å². The van der Waals surface area contributed by atoms with Crippen LogP contribution >= 0.6 is 0 Å². The molecule has 1 aromatic carbocycles. The van der Waals surface area contributed by atoms with Crippen molar-refractivity contribution < 1.29 is 47.5 Å². The summed E-state index contributed by atoms with van der Waals surface area (Å²) in [7, 11) is 3.76. The predicted octanol–water partition coefficient (Wildman–Crippen LogP) is 4.87. The van der Waals surface area contributed by atoms with Crippen molar-refractivity contribution in [3.8, 4) is 0 Å². The van der Waals surface area contributed by atoms with E-state index in [-0.39, 0.29) is 54.5 Å². The Morgan fingerprint density at radius 3 is 1.53 bits per heavy atom. The van der Waals surface area contributed by atoms with E-state index in [2.05, 4.69) is 42.5 Å². The number of likely N-dealkylation sites (tertiary alicyclic amines) is 1. The molecule has 8 N–H and O–H groups in total. The summed E-state index contributed by atoms with van der Waals surface area (Å²) in [6.07, 6.45) is 7.13. The minimum atomic E-state index is -1.64. The summed E-state index contributed by atoms with van der Waals surface area (Å²) < 4.78 is 13.8. The molecule has 0 radical (unpaired) electrons. The monoisotopic (exact) mass is 1100 g/mol. The van der Waals surface area contributed by atoms with Gasteiger partial charge in [0.25, 0.3) is 5.91 Å². The van der Waals surface area contributed by atoms with Gasteiger partial charge in [-0.1, -0.05) is 80.6 Å². The van der Waals surface area contributed by atoms with E-state index in [9.17, 15) is 47.5 Å². The maximum Gasteiger partial charge on any atom is 0.254 e. The topological polar surface area (TPSA) is 256 Å². The van der Waals surface area contributed by atoms with Crippen molar-refractivity contribution in [3.63, 3.8) is 0 Å². The molecule has 1 aromatic rings. The van der Waals surface area contributed by atoms with Crippen molar-refractivity contribution in [2.24, 2.45) is 29.6 Å². The quantitative estimate of drug-likeness (QED) is 0.0565. The van der Waals surface area contributed by atoms with Gasteiger partial charge in [-0.25, -0.2) is 4.39 Å². The van der Waals surface area contributed by atoms with Gasteiger partial charge in [-0.05, 0) is 155 Å². The number of hydrogen-bond acceptors (Lipinski definition) is 10. The van der Waals surface area contributed by atoms with E-state index in [0.29, 0.717) is 38.3 Å². The second kappa shape index (κ2) is 29.5. The third-order valence-corrected chi connectivity index (χ3v) is 14.4. The van der Waals surface area contributed by atoms with Gasteiger partial charge in [0.2, 0.25) is 47.3 Å². The lowest BCUT2D eigenvalue weighted by Gasteiger charge is -2.34. The second-order valence-corrected chi connectivity index (χ2v) is 25.4. The molecule has 1 heterocycles. The van der Waals surface area contributed by atoms with Crippen molar-refractivity contribution in [1.29, 1.82) is 0 Å². The highest BCUT2D eigenvalue weighted by molar-refractivity contribution is 6.01. The van der Waals surface area contributed by atoms with Gasteiger partial charge >= 0.3 is 0 Å². The number of nitrogens with one attached hydrogen (secondary N) is 8. The second-order valence-electron chi connectivity index (χ2n) is 25.4. The first-order chi connectivity index (χ1) is 36.1. The molecule has 0 aromatic heterocycles. The van der Waals surface area contributed by atoms with Crippen molar-refractivity contribution >= 4 is 53.2 Å². The standard InChI is InChI=1S/C58H97FN10O9/c1-34(2)28-43(48(71)63-45(30-36(5)6)50(73)66-58(13,14)55(78)67-57(11,12)53(76)60-38(8)33-68(15)16)64-54(77)56(9,10)65-49(72)44(29-35(3)4)62-47(70)42(27-22-39-20-18-17-19-21-39)61-51(74)46-31-37(7)32-69(46)52(75)40-23-25-41(59)26-24-40/h23-26,34-39,42-46H,17-22,27-33H2,1-16H3,(H,60,76)(H,61,74)(H,62,70)(H,63,71)(H,64,77)(H,65,72)(H,66,73)(H,67,78)/t37-,38+,42+,43+,44+,45+,46+/m1/s1. The van der Waals surface area contributed by atoms with E-state index in [0.717, 1.165) is 32.1 Å². The highest BCUT2D eigenvalue weighted by atomic mass is 19.1. The average Bonchev–Trinajstić information content (AvgIpc) is 3.73. The number of rotatable bonds is 28. The van der Waals surface area contributed by atoms with Crippen LogP contribution < -0.4 is 42.5 Å². The Bertz CT molecular complexity index is 2230. The number of nitrogens with zero attached hydrogens (tertiary/aromatic N) is 2. The van der Waals surface area contributed by atoms with E-state index in [4.69, 9.17) is 0 Å². The Morgan fingerprint density at radius 1 is 0.590 bits per heavy atom. The van der Waals surface area contributed by atoms with E-state index in [1.54, 1.807) is 13.8 Å². The maximum atomic E-state index is 14.5. The molecule has 1 saturated carbocycles. The molecule has 0 bridgehead atoms. The fraction of sp³-hybridized carbons (Fsp3) is 0.741. The lowest BCUT2D eigenvalue weighted by Crippen LogP contribution is -2.65. The van der Waals surface area contributed by atoms with Gasteiger partial charge in [0.05, 0.1) is 0 Å². The number of amides is 9. The molecule has 1 aliphatic carbocycles. The average molecular weight is 1100 g/mol. The Kier molecular flexibility index (Phi) is 25.2. The number of hydrogen-bond donors (Lipinski definition) is 8. The summed E-state index contributed by atoms with van der Waals surface area (Å²) in [4.78, 5) is 129. The van der Waals surface area contributed by atoms with Crippen molar-refractivity contribution in [1.82, 2.24) is 52.3 Å². The summed E-state index contributed by atoms with van der Waals surface area (Å²) in [6.45, 7) is 25.0. The molecule has 1 saturated heterocycles. The summed E-state index contributed by atoms with van der Waals surface area (Å²) in [5, 5.41) is 22.6. The fourth-order valence-electron chi connectivity index (χ4n) is 10.1. The van der Waals surface area contributed by atoms with Crippen LogP contribution in [0.1, 0.15) is 178 Å². The first-order valence-electron chi connectivity index (χ1n) is 28.3. The molecule has 3 rings (SSSR count). The number of carbonyl (C=O) groups excluding carboxylic acids is 9. The van der Waals surface area contributed by atoms with Crippen molar-refractivity contribution in [2.75, 3.05) is 27.2 Å². The molecule has 0 spiro atoms. The summed E-state index contributed by atoms with van der Waals surface area (Å²) in [5.74, 6) is -5.69. The van der Waals surface area contributed by atoms with Crippen molar-refractivity contribution in [3.05, 3.63) is 35.6 Å². The molecular weight excluding hydrogens is 1000 g/mol. The Balaban J connectivity index is 1.79. The molecule has 0 unspecified atom stereocenters. The lowest BCUT2D eigenvalue weighted by atomic mass is 9.85. The first kappa shape index (κ1) is 66.6. The van der Waals surface area contributed by atoms with E-state index >= 15 is 0 Å². The Hall–Kier alpha value is -5.66. The zero-order valence-electron chi connectivity index (χ0n) is 49.8. The smallest absolute Gasteiger partial charge is 0.254 e. The highest BCUT2D eigenvalue weighted by Gasteiger charge is 2.42. The van der Waals surface area contributed by atoms with Crippen LogP contribution in [0.3, 0.4) is 0 Å². The fourth-order valence-corrected chi connectivity index (χ4v) is 10.1. The summed E-state index contributed by atoms with van der Waals surface area (Å²) in [5.41, 5.74) is -4.26. The van der Waals surface area contributed by atoms with Gasteiger partial charge in [-0.15, -0.1) is 0 Å². The van der Waals surface area contributed by atoms with Crippen LogP contribution in [0.25, 0.3) is 0 Å². The van der Waals surface area contributed by atoms with Gasteiger partial charge in [-0.2, -0.15) is 0 Å². The largest absolute Gasteiger partial charge is 0.350 e. The van der Waals surface area contributed by atoms with Crippen LogP contribution in [0.15, 0.2) is 24.3 Å². The molecular formula is C58H97FN10O9. The summed E-state index contributed by atoms with van der Waals surface area (Å²) >= 11 is 0. The molecule has 20 heteroatoms. The SMILES string of the molecule is CC(C)C[C@H](NC(=O)[C@H](CCC1CCCCC1)NC(=O)[C@@H]1C[C@@H](C)CN1C(=O)c1ccc(F)cc1)C(=O)NC(C)(C)C(=O)N[C@@H](CC(C)C)C(=O)N[C@@H](CC(C)C)C(=O)NC(C)(C)C(=O)NC(C)(C)C(=O)N[C@@H](C)CN(C)C. The molecule has 19 nitrogen and oxygen atoms in total. The third-order valence-electron chi connectivity index (χ3n) is 14.4. The zero-order chi connectivity index (χ0) is 59.0. The van der Waals surface area contributed by atoms with Gasteiger partial charge < -0.3 is 52.3 Å². The lowest BCUT2D eigenvalue weighted by molar-refractivity contribution is -0.139. The van der Waals surface area contributed by atoms with E-state index in [1.165, 1.54) is 56.9 Å². The molecule has 78 heavy (non-hydrogen) atoms. The van der Waals surface area contributed by atoms with Gasteiger partial charge in [0.15, 0.2) is 0 Å². The maximum absolute atomic E-state index is 14.5. The molecule has 1 aliphatic heterocycles. The minimum Gasteiger partial charge on any atom is -0.350 e. The normalized spacial score (nSPS) is 18.3. The minimum absolute atomic E-state index is 0.0226. The van der Waals surface area contributed by atoms with E-state index in [1.807, 2.05) is 74.4 Å². The van der Waals surface area contributed by atoms with Crippen LogP contribution in [-0.2, 0) is 38.4 Å². The van der Waals surface area contributed by atoms with Crippen molar-refractivity contribution in [2.45, 2.75) is 220 Å². The predicted molar refractivity (Wildman–Crippen MR) is 300 cm³/mol. The van der Waals surface area contributed by atoms with Crippen LogP contribution in [0.2, 0.25) is 0 Å². The summed E-state index contributed by atoms with van der Waals surface area (Å²) in [6, 6.07) is -0.431. The molecule has 440 valence electrons. The molecule has 7 atom stereocenters. The number of benzene rings is 1. The number of likely N-dealkylation sites (N-methyl/N-ethyl adjacent to an activating group) is 1. The molecule has 2 aliphatic rings. The number of carbonyl (C=O) groups is 9. The van der Waals surface area contributed by atoms with Gasteiger partial charge in [-0.3, -0.25) is 43.2 Å². The Labute approximate surface area is 464 Å². The first-order valence-corrected chi connectivity index (χ1v) is 28.3. The third kappa shape index (κ3) is 21.2. The van der Waals surface area contributed by atoms with Gasteiger partial charge in [0, 0.05) is 24.7 Å². The number of halogens is 1. The van der Waals surface area contributed by atoms with Gasteiger partial charge in [0.1, 0.15) is 52.6 Å². The van der Waals surface area contributed by atoms with Crippen LogP contribution in [0.4, 0.5) is 4.39 Å². The van der Waals surface area contributed by atoms with E-state index < -0.39 is 106 Å². The molecule has 2 fully saturated rings. The van der Waals surface area contributed by atoms with Crippen LogP contribution in [-0.4, -0.2) is 143 Å². The van der Waals surface area contributed by atoms with Crippen LogP contribution in [0.5, 0.6) is 0 Å². The highest BCUT2D eigenvalue weighted by Crippen LogP contribution is 2.29. The Morgan fingerprint density at radius 2 is 1.04 bits per heavy atom. The molecule has 9 amide bonds.